The highest BCUT2D eigenvalue weighted by Crippen LogP contribution is 2.23. The van der Waals surface area contributed by atoms with Gasteiger partial charge in [0.2, 0.25) is 0 Å². The van der Waals surface area contributed by atoms with E-state index in [-0.39, 0.29) is 5.56 Å². The molecule has 2 aromatic carbocycles. The Morgan fingerprint density at radius 3 is 2.70 bits per heavy atom. The van der Waals surface area contributed by atoms with Crippen molar-refractivity contribution in [2.45, 2.75) is 6.92 Å². The van der Waals surface area contributed by atoms with Crippen LogP contribution in [0, 0.1) is 24.1 Å². The highest BCUT2D eigenvalue weighted by atomic mass is 35.5. The number of hydrogen-bond acceptors (Lipinski definition) is 2. The fourth-order valence-corrected chi connectivity index (χ4v) is 1.78. The molecule has 0 aliphatic carbocycles. The first-order valence-corrected chi connectivity index (χ1v) is 6.16. The second-order valence-electron chi connectivity index (χ2n) is 4.22. The van der Waals surface area contributed by atoms with Crippen LogP contribution in [0.4, 0.5) is 10.1 Å². The molecule has 100 valence electrons. The fraction of sp³-hybridized carbons (Fsp3) is 0.0667. The van der Waals surface area contributed by atoms with Crippen LogP contribution in [0.1, 0.15) is 21.5 Å². The van der Waals surface area contributed by atoms with Crippen LogP contribution in [0.2, 0.25) is 5.02 Å². The first kappa shape index (κ1) is 14.0. The Balaban J connectivity index is 2.28. The highest BCUT2D eigenvalue weighted by Gasteiger charge is 2.11. The van der Waals surface area contributed by atoms with Crippen molar-refractivity contribution in [1.29, 1.82) is 5.26 Å². The van der Waals surface area contributed by atoms with Crippen LogP contribution in [0.25, 0.3) is 0 Å². The summed E-state index contributed by atoms with van der Waals surface area (Å²) in [6, 6.07) is 10.7. The molecule has 0 heterocycles. The van der Waals surface area contributed by atoms with Gasteiger partial charge in [0.1, 0.15) is 5.82 Å². The maximum Gasteiger partial charge on any atom is 0.255 e. The summed E-state index contributed by atoms with van der Waals surface area (Å²) in [4.78, 5) is 12.0. The quantitative estimate of drug-likeness (QED) is 0.911. The monoisotopic (exact) mass is 288 g/mol. The van der Waals surface area contributed by atoms with Crippen molar-refractivity contribution in [1.82, 2.24) is 0 Å². The van der Waals surface area contributed by atoms with Crippen molar-refractivity contribution in [3.8, 4) is 6.07 Å². The normalized spacial score (nSPS) is 9.90. The number of benzene rings is 2. The minimum absolute atomic E-state index is 0.187. The Morgan fingerprint density at radius 1 is 1.30 bits per heavy atom. The molecule has 0 radical (unpaired) electrons. The summed E-state index contributed by atoms with van der Waals surface area (Å²) in [6.45, 7) is 1.62. The molecule has 3 nitrogen and oxygen atoms in total. The Hall–Kier alpha value is -2.38. The number of anilines is 1. The van der Waals surface area contributed by atoms with Crippen molar-refractivity contribution in [2.24, 2.45) is 0 Å². The molecule has 0 aliphatic rings. The number of rotatable bonds is 2. The maximum absolute atomic E-state index is 13.4. The molecule has 0 saturated carbocycles. The SMILES string of the molecule is Cc1ccc(C(=O)Nc2cc(C#N)ccc2Cl)cc1F. The second-order valence-corrected chi connectivity index (χ2v) is 4.63. The van der Waals surface area contributed by atoms with Crippen LogP contribution in [-0.4, -0.2) is 5.91 Å². The Kier molecular flexibility index (Phi) is 4.02. The predicted molar refractivity (Wildman–Crippen MR) is 75.3 cm³/mol. The molecule has 0 spiro atoms. The number of nitriles is 1. The molecule has 1 N–H and O–H groups in total. The maximum atomic E-state index is 13.4. The van der Waals surface area contributed by atoms with Crippen molar-refractivity contribution in [3.63, 3.8) is 0 Å². The van der Waals surface area contributed by atoms with Crippen LogP contribution in [0.5, 0.6) is 0 Å². The van der Waals surface area contributed by atoms with Crippen molar-refractivity contribution in [3.05, 3.63) is 63.9 Å². The minimum Gasteiger partial charge on any atom is -0.321 e. The number of carbonyl (C=O) groups is 1. The van der Waals surface area contributed by atoms with E-state index < -0.39 is 11.7 Å². The zero-order chi connectivity index (χ0) is 14.7. The molecule has 0 fully saturated rings. The summed E-state index contributed by atoms with van der Waals surface area (Å²) in [5.74, 6) is -0.935. The van der Waals surface area contributed by atoms with Crippen LogP contribution >= 0.6 is 11.6 Å². The van der Waals surface area contributed by atoms with Crippen molar-refractivity contribution < 1.29 is 9.18 Å². The first-order chi connectivity index (χ1) is 9.51. The summed E-state index contributed by atoms with van der Waals surface area (Å²) >= 11 is 5.94. The van der Waals surface area contributed by atoms with Gasteiger partial charge in [0.25, 0.3) is 5.91 Å². The minimum atomic E-state index is -0.485. The van der Waals surface area contributed by atoms with Crippen LogP contribution < -0.4 is 5.32 Å². The van der Waals surface area contributed by atoms with Crippen LogP contribution in [0.15, 0.2) is 36.4 Å². The molecule has 20 heavy (non-hydrogen) atoms. The van der Waals surface area contributed by atoms with Crippen LogP contribution in [-0.2, 0) is 0 Å². The van der Waals surface area contributed by atoms with E-state index in [0.717, 1.165) is 6.07 Å². The molecule has 1 amide bonds. The van der Waals surface area contributed by atoms with E-state index in [1.165, 1.54) is 24.3 Å². The average molecular weight is 289 g/mol. The van der Waals surface area contributed by atoms with Gasteiger partial charge in [-0.3, -0.25) is 4.79 Å². The molecule has 0 bridgehead atoms. The fourth-order valence-electron chi connectivity index (χ4n) is 1.62. The number of aryl methyl sites for hydroxylation is 1. The van der Waals surface area contributed by atoms with Gasteiger partial charge in [0.15, 0.2) is 0 Å². The van der Waals surface area contributed by atoms with E-state index >= 15 is 0 Å². The number of halogens is 2. The van der Waals surface area contributed by atoms with Crippen LogP contribution in [0.3, 0.4) is 0 Å². The summed E-state index contributed by atoms with van der Waals surface area (Å²) < 4.78 is 13.4. The predicted octanol–water partition coefficient (Wildman–Crippen LogP) is 3.91. The summed E-state index contributed by atoms with van der Waals surface area (Å²) in [7, 11) is 0. The van der Waals surface area contributed by atoms with Gasteiger partial charge < -0.3 is 5.32 Å². The van der Waals surface area contributed by atoms with Gasteiger partial charge in [0, 0.05) is 5.56 Å². The molecule has 5 heteroatoms. The van der Waals surface area contributed by atoms with E-state index in [0.29, 0.717) is 21.8 Å². The second kappa shape index (κ2) is 5.72. The third-order valence-corrected chi connectivity index (χ3v) is 3.11. The van der Waals surface area contributed by atoms with E-state index in [1.807, 2.05) is 6.07 Å². The van der Waals surface area contributed by atoms with Crippen molar-refractivity contribution in [2.75, 3.05) is 5.32 Å². The highest BCUT2D eigenvalue weighted by molar-refractivity contribution is 6.34. The number of carbonyl (C=O) groups excluding carboxylic acids is 1. The van der Waals surface area contributed by atoms with E-state index in [1.54, 1.807) is 13.0 Å². The smallest absolute Gasteiger partial charge is 0.255 e. The number of nitrogens with zero attached hydrogens (tertiary/aromatic N) is 1. The van der Waals surface area contributed by atoms with Gasteiger partial charge in [-0.15, -0.1) is 0 Å². The number of hydrogen-bond donors (Lipinski definition) is 1. The first-order valence-electron chi connectivity index (χ1n) is 5.78. The summed E-state index contributed by atoms with van der Waals surface area (Å²) in [5, 5.41) is 11.7. The third-order valence-electron chi connectivity index (χ3n) is 2.78. The molecule has 2 aromatic rings. The molecule has 0 saturated heterocycles. The molecule has 0 aromatic heterocycles. The average Bonchev–Trinajstić information content (AvgIpc) is 2.44. The van der Waals surface area contributed by atoms with Gasteiger partial charge in [0.05, 0.1) is 22.3 Å². The summed E-state index contributed by atoms with van der Waals surface area (Å²) in [5.41, 5.74) is 1.34. The van der Waals surface area contributed by atoms with Gasteiger partial charge in [-0.2, -0.15) is 5.26 Å². The van der Waals surface area contributed by atoms with E-state index in [4.69, 9.17) is 16.9 Å². The lowest BCUT2D eigenvalue weighted by molar-refractivity contribution is 0.102. The van der Waals surface area contributed by atoms with Gasteiger partial charge in [-0.25, -0.2) is 4.39 Å². The molecular weight excluding hydrogens is 279 g/mol. The Bertz CT molecular complexity index is 722. The zero-order valence-electron chi connectivity index (χ0n) is 10.6. The van der Waals surface area contributed by atoms with Gasteiger partial charge in [-0.05, 0) is 42.8 Å². The number of amides is 1. The largest absolute Gasteiger partial charge is 0.321 e. The lowest BCUT2D eigenvalue weighted by Crippen LogP contribution is -2.12. The standard InChI is InChI=1S/C15H10ClFN2O/c1-9-2-4-11(7-13(9)17)15(20)19-14-6-10(8-18)3-5-12(14)16/h2-7H,1H3,(H,19,20). The lowest BCUT2D eigenvalue weighted by atomic mass is 10.1. The van der Waals surface area contributed by atoms with E-state index in [2.05, 4.69) is 5.32 Å². The molecule has 0 unspecified atom stereocenters. The summed E-state index contributed by atoms with van der Waals surface area (Å²) in [6.07, 6.45) is 0. The molecule has 0 atom stereocenters. The van der Waals surface area contributed by atoms with E-state index in [9.17, 15) is 9.18 Å². The lowest BCUT2D eigenvalue weighted by Gasteiger charge is -2.08. The van der Waals surface area contributed by atoms with Gasteiger partial charge in [-0.1, -0.05) is 17.7 Å². The third kappa shape index (κ3) is 2.95. The zero-order valence-corrected chi connectivity index (χ0v) is 11.3. The van der Waals surface area contributed by atoms with Crippen molar-refractivity contribution >= 4 is 23.2 Å². The Labute approximate surface area is 120 Å². The van der Waals surface area contributed by atoms with Gasteiger partial charge >= 0.3 is 0 Å². The molecule has 0 aliphatic heterocycles. The number of nitrogens with one attached hydrogen (secondary N) is 1. The molecule has 2 rings (SSSR count). The molecular formula is C15H10ClFN2O. The Morgan fingerprint density at radius 2 is 2.05 bits per heavy atom. The topological polar surface area (TPSA) is 52.9 Å².